The van der Waals surface area contributed by atoms with Gasteiger partial charge in [-0.3, -0.25) is 9.89 Å². The summed E-state index contributed by atoms with van der Waals surface area (Å²) in [5.74, 6) is 0.209. The largest absolute Gasteiger partial charge is 0.468 e. The molecule has 0 bridgehead atoms. The van der Waals surface area contributed by atoms with Crippen molar-refractivity contribution in [1.29, 1.82) is 0 Å². The van der Waals surface area contributed by atoms with E-state index in [1.165, 1.54) is 5.56 Å². The molecule has 3 rings (SSSR count). The number of benzene rings is 1. The van der Waals surface area contributed by atoms with Crippen LogP contribution in [0.3, 0.4) is 0 Å². The van der Waals surface area contributed by atoms with Crippen molar-refractivity contribution >= 4 is 5.96 Å². The zero-order valence-corrected chi connectivity index (χ0v) is 18.1. The fourth-order valence-corrected chi connectivity index (χ4v) is 4.08. The smallest absolute Gasteiger partial charge is 0.391 e. The molecular weight excluding hydrogens is 405 g/mol. The number of guanidine groups is 1. The van der Waals surface area contributed by atoms with Crippen LogP contribution in [-0.2, 0) is 19.6 Å². The molecule has 2 unspecified atom stereocenters. The molecular formula is C23H31F3N4O. The molecule has 1 aromatic heterocycles. The van der Waals surface area contributed by atoms with Crippen molar-refractivity contribution < 1.29 is 17.6 Å². The molecule has 0 spiro atoms. The third-order valence-corrected chi connectivity index (χ3v) is 5.71. The van der Waals surface area contributed by atoms with Gasteiger partial charge in [-0.05, 0) is 49.6 Å². The van der Waals surface area contributed by atoms with Crippen LogP contribution in [0.2, 0.25) is 0 Å². The van der Waals surface area contributed by atoms with Crippen molar-refractivity contribution in [2.45, 2.75) is 57.5 Å². The number of nitrogens with zero attached hydrogens (tertiary/aromatic N) is 2. The van der Waals surface area contributed by atoms with E-state index < -0.39 is 12.1 Å². The van der Waals surface area contributed by atoms with Gasteiger partial charge in [-0.25, -0.2) is 0 Å². The van der Waals surface area contributed by atoms with Gasteiger partial charge in [0.2, 0.25) is 0 Å². The minimum absolute atomic E-state index is 0.0956. The van der Waals surface area contributed by atoms with Gasteiger partial charge in [0.05, 0.1) is 18.7 Å². The van der Waals surface area contributed by atoms with E-state index in [-0.39, 0.29) is 18.9 Å². The molecule has 31 heavy (non-hydrogen) atoms. The summed E-state index contributed by atoms with van der Waals surface area (Å²) in [6.45, 7) is 2.00. The summed E-state index contributed by atoms with van der Waals surface area (Å²) in [6, 6.07) is 11.7. The highest BCUT2D eigenvalue weighted by Crippen LogP contribution is 2.37. The number of halogens is 3. The average Bonchev–Trinajstić information content (AvgIpc) is 3.24. The zero-order valence-electron chi connectivity index (χ0n) is 18.1. The molecule has 1 saturated carbocycles. The predicted octanol–water partition coefficient (Wildman–Crippen LogP) is 4.70. The van der Waals surface area contributed by atoms with Gasteiger partial charge in [0, 0.05) is 26.2 Å². The number of furan rings is 1. The lowest BCUT2D eigenvalue weighted by molar-refractivity contribution is -0.183. The average molecular weight is 437 g/mol. The molecule has 2 atom stereocenters. The summed E-state index contributed by atoms with van der Waals surface area (Å²) in [4.78, 5) is 6.39. The standard InChI is InChI=1S/C23H31F3N4O/c1-27-22(29-20-10-5-9-19(13-20)23(24,25)26)28-14-17-7-3-4-8-18(17)15-30(2)16-21-11-6-12-31-21/h3-4,6-8,11-12,19-20H,5,9-10,13-16H2,1-2H3,(H2,27,28,29). The topological polar surface area (TPSA) is 52.8 Å². The first kappa shape index (κ1) is 23.2. The quantitative estimate of drug-likeness (QED) is 0.488. The normalized spacial score (nSPS) is 20.1. The fourth-order valence-electron chi connectivity index (χ4n) is 4.08. The molecule has 0 radical (unpaired) electrons. The Morgan fingerprint density at radius 2 is 1.90 bits per heavy atom. The van der Waals surface area contributed by atoms with E-state index in [1.807, 2.05) is 31.3 Å². The molecule has 0 saturated heterocycles. The molecule has 5 nitrogen and oxygen atoms in total. The van der Waals surface area contributed by atoms with Gasteiger partial charge in [-0.15, -0.1) is 0 Å². The molecule has 0 aliphatic heterocycles. The number of rotatable bonds is 7. The van der Waals surface area contributed by atoms with Crippen LogP contribution in [0.5, 0.6) is 0 Å². The van der Waals surface area contributed by atoms with Crippen LogP contribution in [0.1, 0.15) is 42.6 Å². The first-order chi connectivity index (χ1) is 14.8. The van der Waals surface area contributed by atoms with Crippen LogP contribution in [0.25, 0.3) is 0 Å². The summed E-state index contributed by atoms with van der Waals surface area (Å²) >= 11 is 0. The summed E-state index contributed by atoms with van der Waals surface area (Å²) in [5.41, 5.74) is 2.29. The Bertz CT molecular complexity index is 836. The maximum Gasteiger partial charge on any atom is 0.391 e. The van der Waals surface area contributed by atoms with Gasteiger partial charge in [0.15, 0.2) is 5.96 Å². The lowest BCUT2D eigenvalue weighted by atomic mass is 9.85. The first-order valence-corrected chi connectivity index (χ1v) is 10.7. The van der Waals surface area contributed by atoms with E-state index in [0.717, 1.165) is 24.3 Å². The fraction of sp³-hybridized carbons (Fsp3) is 0.522. The number of alkyl halides is 3. The van der Waals surface area contributed by atoms with E-state index in [0.29, 0.717) is 25.5 Å². The second kappa shape index (κ2) is 10.7. The monoisotopic (exact) mass is 436 g/mol. The molecule has 1 aliphatic rings. The van der Waals surface area contributed by atoms with Crippen molar-refractivity contribution in [2.75, 3.05) is 14.1 Å². The van der Waals surface area contributed by atoms with E-state index >= 15 is 0 Å². The molecule has 170 valence electrons. The second-order valence-electron chi connectivity index (χ2n) is 8.19. The second-order valence-corrected chi connectivity index (χ2v) is 8.19. The van der Waals surface area contributed by atoms with Gasteiger partial charge < -0.3 is 15.1 Å². The van der Waals surface area contributed by atoms with Gasteiger partial charge in [-0.2, -0.15) is 13.2 Å². The van der Waals surface area contributed by atoms with Crippen LogP contribution in [-0.4, -0.2) is 37.2 Å². The van der Waals surface area contributed by atoms with Crippen molar-refractivity contribution in [3.8, 4) is 0 Å². The lowest BCUT2D eigenvalue weighted by Gasteiger charge is -2.32. The van der Waals surface area contributed by atoms with Gasteiger partial charge >= 0.3 is 6.18 Å². The van der Waals surface area contributed by atoms with E-state index in [9.17, 15) is 13.2 Å². The Morgan fingerprint density at radius 3 is 2.58 bits per heavy atom. The molecule has 2 aromatic rings. The summed E-state index contributed by atoms with van der Waals surface area (Å²) < 4.78 is 44.7. The summed E-state index contributed by atoms with van der Waals surface area (Å²) in [6.07, 6.45) is -0.850. The number of nitrogens with one attached hydrogen (secondary N) is 2. The van der Waals surface area contributed by atoms with Crippen molar-refractivity contribution in [1.82, 2.24) is 15.5 Å². The third-order valence-electron chi connectivity index (χ3n) is 5.71. The van der Waals surface area contributed by atoms with E-state index in [4.69, 9.17) is 4.42 Å². The number of aliphatic imine (C=N–C) groups is 1. The Labute approximate surface area is 181 Å². The van der Waals surface area contributed by atoms with Gasteiger partial charge in [0.25, 0.3) is 0 Å². The third kappa shape index (κ3) is 7.02. The van der Waals surface area contributed by atoms with Crippen LogP contribution >= 0.6 is 0 Å². The van der Waals surface area contributed by atoms with Crippen LogP contribution in [0.15, 0.2) is 52.1 Å². The maximum atomic E-state index is 13.1. The zero-order chi connectivity index (χ0) is 22.3. The first-order valence-electron chi connectivity index (χ1n) is 10.7. The van der Waals surface area contributed by atoms with E-state index in [1.54, 1.807) is 13.3 Å². The minimum Gasteiger partial charge on any atom is -0.468 e. The highest BCUT2D eigenvalue weighted by Gasteiger charge is 2.42. The predicted molar refractivity (Wildman–Crippen MR) is 115 cm³/mol. The van der Waals surface area contributed by atoms with Gasteiger partial charge in [0.1, 0.15) is 5.76 Å². The molecule has 1 fully saturated rings. The molecule has 1 aliphatic carbocycles. The molecule has 1 aromatic carbocycles. The van der Waals surface area contributed by atoms with E-state index in [2.05, 4.69) is 32.7 Å². The van der Waals surface area contributed by atoms with Crippen molar-refractivity contribution in [3.05, 3.63) is 59.5 Å². The summed E-state index contributed by atoms with van der Waals surface area (Å²) in [7, 11) is 3.68. The Kier molecular flexibility index (Phi) is 8.01. The highest BCUT2D eigenvalue weighted by atomic mass is 19.4. The van der Waals surface area contributed by atoms with Crippen LogP contribution in [0.4, 0.5) is 13.2 Å². The molecule has 1 heterocycles. The van der Waals surface area contributed by atoms with Gasteiger partial charge in [-0.1, -0.05) is 30.7 Å². The maximum absolute atomic E-state index is 13.1. The minimum atomic E-state index is -4.13. The lowest BCUT2D eigenvalue weighted by Crippen LogP contribution is -2.46. The summed E-state index contributed by atoms with van der Waals surface area (Å²) in [5, 5.41) is 6.45. The highest BCUT2D eigenvalue weighted by molar-refractivity contribution is 5.80. The van der Waals surface area contributed by atoms with Crippen molar-refractivity contribution in [3.63, 3.8) is 0 Å². The Morgan fingerprint density at radius 1 is 1.13 bits per heavy atom. The van der Waals surface area contributed by atoms with Crippen LogP contribution < -0.4 is 10.6 Å². The Balaban J connectivity index is 1.55. The van der Waals surface area contributed by atoms with Crippen LogP contribution in [0, 0.1) is 5.92 Å². The molecule has 8 heteroatoms. The Hall–Kier alpha value is -2.48. The van der Waals surface area contributed by atoms with Crippen molar-refractivity contribution in [2.24, 2.45) is 10.9 Å². The molecule has 0 amide bonds. The number of hydrogen-bond acceptors (Lipinski definition) is 3. The molecule has 2 N–H and O–H groups in total. The number of hydrogen-bond donors (Lipinski definition) is 2. The SMILES string of the molecule is CN=C(NCc1ccccc1CN(C)Cc1ccco1)NC1CCCC(C(F)(F)F)C1.